The zero-order valence-corrected chi connectivity index (χ0v) is 13.8. The Labute approximate surface area is 129 Å². The van der Waals surface area contributed by atoms with E-state index in [1.807, 2.05) is 23.5 Å². The van der Waals surface area contributed by atoms with Gasteiger partial charge in [-0.25, -0.2) is 0 Å². The molecule has 20 heavy (non-hydrogen) atoms. The van der Waals surface area contributed by atoms with Gasteiger partial charge in [0.2, 0.25) is 0 Å². The number of benzene rings is 1. The van der Waals surface area contributed by atoms with Crippen molar-refractivity contribution in [3.63, 3.8) is 0 Å². The Kier molecular flexibility index (Phi) is 5.95. The molecule has 0 fully saturated rings. The normalized spacial score (nSPS) is 11.0. The Bertz CT molecular complexity index is 520. The van der Waals surface area contributed by atoms with Crippen LogP contribution >= 0.6 is 23.1 Å². The van der Waals surface area contributed by atoms with E-state index in [4.69, 9.17) is 4.74 Å². The van der Waals surface area contributed by atoms with E-state index in [1.165, 1.54) is 14.6 Å². The minimum atomic E-state index is 0.520. The first kappa shape index (κ1) is 15.4. The molecule has 2 nitrogen and oxygen atoms in total. The Balaban J connectivity index is 1.84. The first-order valence-corrected chi connectivity index (χ1v) is 8.79. The van der Waals surface area contributed by atoms with E-state index in [9.17, 15) is 0 Å². The van der Waals surface area contributed by atoms with Crippen LogP contribution in [0, 0.1) is 0 Å². The van der Waals surface area contributed by atoms with Gasteiger partial charge in [-0.3, -0.25) is 0 Å². The van der Waals surface area contributed by atoms with Crippen LogP contribution in [0.2, 0.25) is 0 Å². The molecule has 2 rings (SSSR count). The molecule has 1 heterocycles. The zero-order chi connectivity index (χ0) is 14.4. The molecular weight excluding hydrogens is 286 g/mol. The Hall–Kier alpha value is -0.970. The quantitative estimate of drug-likeness (QED) is 0.758. The summed E-state index contributed by atoms with van der Waals surface area (Å²) < 4.78 is 5.81. The standard InChI is InChI=1S/C16H21NOS2/c1-12(2)17-10-15-8-9-16(20-15)11-18-13-4-6-14(19-3)7-5-13/h4-9,12,17H,10-11H2,1-3H3. The lowest BCUT2D eigenvalue weighted by Crippen LogP contribution is -2.21. The fourth-order valence-electron chi connectivity index (χ4n) is 1.73. The summed E-state index contributed by atoms with van der Waals surface area (Å²) in [6.07, 6.45) is 2.08. The predicted octanol–water partition coefficient (Wildman–Crippen LogP) is 4.55. The van der Waals surface area contributed by atoms with Crippen LogP contribution in [-0.4, -0.2) is 12.3 Å². The molecule has 4 heteroatoms. The Morgan fingerprint density at radius 2 is 1.80 bits per heavy atom. The van der Waals surface area contributed by atoms with E-state index in [0.717, 1.165) is 12.3 Å². The molecule has 0 aliphatic carbocycles. The van der Waals surface area contributed by atoms with Crippen LogP contribution in [0.3, 0.4) is 0 Å². The van der Waals surface area contributed by atoms with Crippen LogP contribution in [0.5, 0.6) is 5.75 Å². The molecule has 0 saturated heterocycles. The molecule has 2 aromatic rings. The molecule has 0 bridgehead atoms. The molecule has 0 unspecified atom stereocenters. The number of nitrogens with one attached hydrogen (secondary N) is 1. The number of hydrogen-bond donors (Lipinski definition) is 1. The first-order chi connectivity index (χ1) is 9.67. The van der Waals surface area contributed by atoms with Crippen molar-refractivity contribution in [1.82, 2.24) is 5.32 Å². The van der Waals surface area contributed by atoms with Crippen molar-refractivity contribution in [3.05, 3.63) is 46.2 Å². The third-order valence-corrected chi connectivity index (χ3v) is 4.64. The number of hydrogen-bond acceptors (Lipinski definition) is 4. The molecular formula is C16H21NOS2. The van der Waals surface area contributed by atoms with E-state index in [1.54, 1.807) is 11.8 Å². The predicted molar refractivity (Wildman–Crippen MR) is 88.8 cm³/mol. The highest BCUT2D eigenvalue weighted by Gasteiger charge is 2.02. The van der Waals surface area contributed by atoms with E-state index in [0.29, 0.717) is 12.6 Å². The largest absolute Gasteiger partial charge is 0.488 e. The summed E-state index contributed by atoms with van der Waals surface area (Å²) >= 11 is 3.55. The van der Waals surface area contributed by atoms with Crippen LogP contribution in [0.1, 0.15) is 23.6 Å². The monoisotopic (exact) mass is 307 g/mol. The molecule has 0 aliphatic heterocycles. The highest BCUT2D eigenvalue weighted by molar-refractivity contribution is 7.98. The lowest BCUT2D eigenvalue weighted by Gasteiger charge is -2.06. The molecule has 0 amide bonds. The topological polar surface area (TPSA) is 21.3 Å². The van der Waals surface area contributed by atoms with Crippen molar-refractivity contribution >= 4 is 23.1 Å². The lowest BCUT2D eigenvalue weighted by molar-refractivity contribution is 0.309. The van der Waals surface area contributed by atoms with Crippen LogP contribution in [0.25, 0.3) is 0 Å². The van der Waals surface area contributed by atoms with Crippen molar-refractivity contribution in [3.8, 4) is 5.75 Å². The van der Waals surface area contributed by atoms with Gasteiger partial charge >= 0.3 is 0 Å². The van der Waals surface area contributed by atoms with Gasteiger partial charge in [-0.1, -0.05) is 13.8 Å². The van der Waals surface area contributed by atoms with Gasteiger partial charge in [0.25, 0.3) is 0 Å². The second kappa shape index (κ2) is 7.72. The summed E-state index contributed by atoms with van der Waals surface area (Å²) in [7, 11) is 0. The van der Waals surface area contributed by atoms with Gasteiger partial charge in [0, 0.05) is 27.2 Å². The highest BCUT2D eigenvalue weighted by atomic mass is 32.2. The first-order valence-electron chi connectivity index (χ1n) is 6.75. The maximum Gasteiger partial charge on any atom is 0.122 e. The second-order valence-electron chi connectivity index (χ2n) is 4.87. The maximum absolute atomic E-state index is 5.81. The molecule has 0 atom stereocenters. The van der Waals surface area contributed by atoms with Crippen LogP contribution in [-0.2, 0) is 13.2 Å². The Morgan fingerprint density at radius 1 is 1.10 bits per heavy atom. The molecule has 0 aliphatic rings. The van der Waals surface area contributed by atoms with Crippen molar-refractivity contribution in [2.45, 2.75) is 37.9 Å². The average Bonchev–Trinajstić information content (AvgIpc) is 2.91. The molecule has 1 aromatic heterocycles. The van der Waals surface area contributed by atoms with E-state index in [-0.39, 0.29) is 0 Å². The molecule has 0 spiro atoms. The molecule has 108 valence electrons. The third-order valence-electron chi connectivity index (χ3n) is 2.84. The van der Waals surface area contributed by atoms with E-state index in [2.05, 4.69) is 49.7 Å². The maximum atomic E-state index is 5.81. The molecule has 1 aromatic carbocycles. The van der Waals surface area contributed by atoms with Gasteiger partial charge < -0.3 is 10.1 Å². The van der Waals surface area contributed by atoms with E-state index < -0.39 is 0 Å². The number of rotatable bonds is 7. The zero-order valence-electron chi connectivity index (χ0n) is 12.2. The summed E-state index contributed by atoms with van der Waals surface area (Å²) in [6.45, 7) is 5.90. The number of thioether (sulfide) groups is 1. The summed E-state index contributed by atoms with van der Waals surface area (Å²) in [6, 6.07) is 13.1. The fourth-order valence-corrected chi connectivity index (χ4v) is 3.02. The van der Waals surface area contributed by atoms with Crippen molar-refractivity contribution in [1.29, 1.82) is 0 Å². The van der Waals surface area contributed by atoms with Crippen molar-refractivity contribution in [2.24, 2.45) is 0 Å². The summed E-state index contributed by atoms with van der Waals surface area (Å²) in [5.41, 5.74) is 0. The summed E-state index contributed by atoms with van der Waals surface area (Å²) in [5.74, 6) is 0.929. The third kappa shape index (κ3) is 4.85. The van der Waals surface area contributed by atoms with Gasteiger partial charge in [-0.05, 0) is 42.7 Å². The van der Waals surface area contributed by atoms with Gasteiger partial charge in [0.05, 0.1) is 0 Å². The van der Waals surface area contributed by atoms with Crippen LogP contribution in [0.15, 0.2) is 41.3 Å². The lowest BCUT2D eigenvalue weighted by atomic mass is 10.3. The molecule has 0 radical (unpaired) electrons. The summed E-state index contributed by atoms with van der Waals surface area (Å²) in [5, 5.41) is 3.43. The van der Waals surface area contributed by atoms with Crippen LogP contribution < -0.4 is 10.1 Å². The molecule has 1 N–H and O–H groups in total. The van der Waals surface area contributed by atoms with Gasteiger partial charge in [0.15, 0.2) is 0 Å². The second-order valence-corrected chi connectivity index (χ2v) is 7.00. The Morgan fingerprint density at radius 3 is 2.45 bits per heavy atom. The van der Waals surface area contributed by atoms with Crippen LogP contribution in [0.4, 0.5) is 0 Å². The highest BCUT2D eigenvalue weighted by Crippen LogP contribution is 2.22. The SMILES string of the molecule is CSc1ccc(OCc2ccc(CNC(C)C)s2)cc1. The smallest absolute Gasteiger partial charge is 0.122 e. The minimum Gasteiger partial charge on any atom is -0.488 e. The minimum absolute atomic E-state index is 0.520. The van der Waals surface area contributed by atoms with Crippen molar-refractivity contribution in [2.75, 3.05) is 6.26 Å². The van der Waals surface area contributed by atoms with Gasteiger partial charge in [0.1, 0.15) is 12.4 Å². The van der Waals surface area contributed by atoms with Gasteiger partial charge in [-0.15, -0.1) is 23.1 Å². The fraction of sp³-hybridized carbons (Fsp3) is 0.375. The average molecular weight is 307 g/mol. The molecule has 0 saturated carbocycles. The summed E-state index contributed by atoms with van der Waals surface area (Å²) in [4.78, 5) is 3.88. The van der Waals surface area contributed by atoms with Gasteiger partial charge in [-0.2, -0.15) is 0 Å². The number of ether oxygens (including phenoxy) is 1. The number of thiophene rings is 1. The van der Waals surface area contributed by atoms with Crippen molar-refractivity contribution < 1.29 is 4.74 Å². The van der Waals surface area contributed by atoms with E-state index >= 15 is 0 Å².